The number of hydrogen-bond acceptors (Lipinski definition) is 5. The molecule has 2 aliphatic heterocycles. The highest BCUT2D eigenvalue weighted by Gasteiger charge is 2.50. The zero-order valence-corrected chi connectivity index (χ0v) is 56.3. The molecule has 0 radical (unpaired) electrons. The first-order valence-electron chi connectivity index (χ1n) is 32.8. The minimum Gasteiger partial charge on any atom is -0.336 e. The van der Waals surface area contributed by atoms with E-state index in [0.29, 0.717) is 11.8 Å². The molecule has 0 bridgehead atoms. The second-order valence-corrected chi connectivity index (χ2v) is 33.8. The van der Waals surface area contributed by atoms with Crippen molar-refractivity contribution in [1.82, 2.24) is 0 Å². The smallest absolute Gasteiger partial charge is 0.264 e. The molecule has 15 rings (SSSR count). The Labute approximate surface area is 527 Å². The quantitative estimate of drug-likeness (QED) is 0.140. The maximum atomic E-state index is 2.84. The standard InChI is InChI=1S/C81H88BN3S2/c1-48(2)50-24-28-53(29-25-50)84(54-30-26-51(27-31-54)49(3)4)56-41-68-72-69(42-56)85(55-32-33-60-61(40-55)77(7,8)35-34-76(60,5)6)67-45-64-63(79(11,12)37-38-80(64,13)14)44-66(67)82(72)75-73(59-43-62-65(46-71(59)87-75)81(15,16)39-36-78(62,9)10)83(68)47-52-20-19-22-58-57-21-17-18-23-70(57)86-74(52)58/h17-33,40-46,48-49H,34-39,47H2,1-16H3. The Morgan fingerprint density at radius 1 is 0.437 bits per heavy atom. The summed E-state index contributed by atoms with van der Waals surface area (Å²) in [5.41, 5.74) is 26.2. The van der Waals surface area contributed by atoms with Crippen molar-refractivity contribution in [2.45, 2.75) is 200 Å². The van der Waals surface area contributed by atoms with Gasteiger partial charge in [0.1, 0.15) is 0 Å². The minimum absolute atomic E-state index is 0.000230. The summed E-state index contributed by atoms with van der Waals surface area (Å²) in [6.07, 6.45) is 7.01. The Kier molecular flexibility index (Phi) is 12.7. The third-order valence-corrected chi connectivity index (χ3v) is 25.0. The molecule has 6 heteroatoms. The molecule has 2 aromatic heterocycles. The summed E-state index contributed by atoms with van der Waals surface area (Å²) in [7, 11) is 0. The van der Waals surface area contributed by atoms with Crippen LogP contribution >= 0.6 is 22.7 Å². The highest BCUT2D eigenvalue weighted by molar-refractivity contribution is 7.33. The number of benzene rings is 8. The van der Waals surface area contributed by atoms with E-state index >= 15 is 0 Å². The molecular weight excluding hydrogens is 1090 g/mol. The number of hydrogen-bond donors (Lipinski definition) is 0. The van der Waals surface area contributed by atoms with Crippen LogP contribution in [-0.2, 0) is 39.0 Å². The van der Waals surface area contributed by atoms with Crippen molar-refractivity contribution in [3.05, 3.63) is 196 Å². The largest absolute Gasteiger partial charge is 0.336 e. The molecule has 10 aromatic rings. The minimum atomic E-state index is -0.0136. The first kappa shape index (κ1) is 56.9. The number of rotatable bonds is 8. The summed E-state index contributed by atoms with van der Waals surface area (Å²) in [6.45, 7) is 40.0. The highest BCUT2D eigenvalue weighted by Crippen LogP contribution is 2.56. The Morgan fingerprint density at radius 2 is 0.954 bits per heavy atom. The lowest BCUT2D eigenvalue weighted by molar-refractivity contribution is 0.332. The van der Waals surface area contributed by atoms with Crippen molar-refractivity contribution in [2.24, 2.45) is 0 Å². The van der Waals surface area contributed by atoms with Gasteiger partial charge in [0.05, 0.1) is 11.4 Å². The van der Waals surface area contributed by atoms with Crippen LogP contribution < -0.4 is 30.4 Å². The van der Waals surface area contributed by atoms with Gasteiger partial charge >= 0.3 is 0 Å². The Morgan fingerprint density at radius 3 is 1.55 bits per heavy atom. The van der Waals surface area contributed by atoms with Crippen LogP contribution in [-0.4, -0.2) is 6.71 Å². The van der Waals surface area contributed by atoms with Gasteiger partial charge in [-0.3, -0.25) is 0 Å². The third kappa shape index (κ3) is 8.81. The molecule has 0 spiro atoms. The van der Waals surface area contributed by atoms with Gasteiger partial charge in [-0.15, -0.1) is 22.7 Å². The van der Waals surface area contributed by atoms with E-state index in [1.54, 1.807) is 0 Å². The molecule has 8 aromatic carbocycles. The van der Waals surface area contributed by atoms with Crippen molar-refractivity contribution >= 4 is 121 Å². The van der Waals surface area contributed by atoms with Crippen LogP contribution in [0.2, 0.25) is 0 Å². The molecule has 0 saturated carbocycles. The fourth-order valence-corrected chi connectivity index (χ4v) is 19.1. The lowest BCUT2D eigenvalue weighted by Gasteiger charge is -2.48. The molecule has 3 nitrogen and oxygen atoms in total. The van der Waals surface area contributed by atoms with Crippen LogP contribution in [0.1, 0.15) is 211 Å². The van der Waals surface area contributed by atoms with Crippen molar-refractivity contribution < 1.29 is 0 Å². The van der Waals surface area contributed by atoms with E-state index < -0.39 is 0 Å². The molecule has 442 valence electrons. The topological polar surface area (TPSA) is 9.72 Å². The number of nitrogens with zero attached hydrogens (tertiary/aromatic N) is 3. The first-order valence-corrected chi connectivity index (χ1v) is 34.4. The van der Waals surface area contributed by atoms with Crippen LogP contribution in [0.4, 0.5) is 45.5 Å². The average molecular weight is 1180 g/mol. The summed E-state index contributed by atoms with van der Waals surface area (Å²) in [4.78, 5) is 8.20. The molecular formula is C81H88BN3S2. The van der Waals surface area contributed by atoms with E-state index in [4.69, 9.17) is 0 Å². The second kappa shape index (κ2) is 19.5. The molecule has 5 aliphatic rings. The molecule has 87 heavy (non-hydrogen) atoms. The maximum absolute atomic E-state index is 2.84. The SMILES string of the molecule is CC(C)c1ccc(N(c2ccc(C(C)C)cc2)c2cc3c4c(c2)N(c2ccc5c(c2)C(C)(C)CCC5(C)C)c2cc5c(cc2B4c2sc4cc6c(cc4c2N3Cc2cccc3c2sc2ccccc23)C(C)(C)CCC6(C)C)C(C)(C)CCC5(C)C)cc1. The predicted octanol–water partition coefficient (Wildman–Crippen LogP) is 22.0. The van der Waals surface area contributed by atoms with Crippen LogP contribution in [0.5, 0.6) is 0 Å². The van der Waals surface area contributed by atoms with Crippen molar-refractivity contribution in [1.29, 1.82) is 0 Å². The third-order valence-electron chi connectivity index (χ3n) is 22.5. The molecule has 3 aliphatic carbocycles. The molecule has 4 heterocycles. The predicted molar refractivity (Wildman–Crippen MR) is 381 cm³/mol. The van der Waals surface area contributed by atoms with Crippen LogP contribution in [0.3, 0.4) is 0 Å². The molecule has 0 fully saturated rings. The van der Waals surface area contributed by atoms with Gasteiger partial charge in [0.25, 0.3) is 6.71 Å². The van der Waals surface area contributed by atoms with Crippen LogP contribution in [0, 0.1) is 0 Å². The number of anilines is 8. The number of fused-ring (bicyclic) bond motifs is 12. The molecule has 0 N–H and O–H groups in total. The van der Waals surface area contributed by atoms with Gasteiger partial charge in [0.15, 0.2) is 0 Å². The lowest BCUT2D eigenvalue weighted by atomic mass is 9.35. The van der Waals surface area contributed by atoms with Gasteiger partial charge in [0.2, 0.25) is 0 Å². The second-order valence-electron chi connectivity index (χ2n) is 31.7. The first-order chi connectivity index (χ1) is 41.2. The normalized spacial score (nSPS) is 18.8. The van der Waals surface area contributed by atoms with Crippen LogP contribution in [0.25, 0.3) is 30.3 Å². The van der Waals surface area contributed by atoms with E-state index in [1.165, 1.54) is 144 Å². The van der Waals surface area contributed by atoms with Gasteiger partial charge in [-0.25, -0.2) is 0 Å². The van der Waals surface area contributed by atoms with Crippen LogP contribution in [0.15, 0.2) is 146 Å². The summed E-state index contributed by atoms with van der Waals surface area (Å²) in [5, 5.41) is 4.09. The van der Waals surface area contributed by atoms with Crippen molar-refractivity contribution in [3.8, 4) is 0 Å². The fourth-order valence-electron chi connectivity index (χ4n) is 16.5. The van der Waals surface area contributed by atoms with Crippen molar-refractivity contribution in [3.63, 3.8) is 0 Å². The molecule has 0 saturated heterocycles. The van der Waals surface area contributed by atoms with Crippen molar-refractivity contribution in [2.75, 3.05) is 14.7 Å². The fraction of sp³-hybridized carbons (Fsp3) is 0.383. The zero-order valence-electron chi connectivity index (χ0n) is 54.7. The van der Waals surface area contributed by atoms with Gasteiger partial charge in [-0.2, -0.15) is 0 Å². The lowest BCUT2D eigenvalue weighted by Crippen LogP contribution is -2.61. The number of thiophene rings is 2. The van der Waals surface area contributed by atoms with Gasteiger partial charge < -0.3 is 14.7 Å². The van der Waals surface area contributed by atoms with Gasteiger partial charge in [-0.05, 0) is 217 Å². The monoisotopic (exact) mass is 1180 g/mol. The Hall–Kier alpha value is -6.60. The highest BCUT2D eigenvalue weighted by atomic mass is 32.1. The summed E-state index contributed by atoms with van der Waals surface area (Å²) in [5.74, 6) is 0.835. The Bertz CT molecular complexity index is 4410. The summed E-state index contributed by atoms with van der Waals surface area (Å²) in [6, 6.07) is 59.0. The Balaban J connectivity index is 1.10. The van der Waals surface area contributed by atoms with E-state index in [2.05, 4.69) is 282 Å². The van der Waals surface area contributed by atoms with E-state index in [0.717, 1.165) is 42.9 Å². The summed E-state index contributed by atoms with van der Waals surface area (Å²) < 4.78 is 5.61. The molecule has 0 amide bonds. The van der Waals surface area contributed by atoms with E-state index in [-0.39, 0.29) is 39.2 Å². The average Bonchev–Trinajstić information content (AvgIpc) is 1.68. The molecule has 0 atom stereocenters. The maximum Gasteiger partial charge on any atom is 0.264 e. The van der Waals surface area contributed by atoms with Gasteiger partial charge in [0, 0.05) is 75.7 Å². The molecule has 0 unspecified atom stereocenters. The van der Waals surface area contributed by atoms with E-state index in [9.17, 15) is 0 Å². The zero-order chi connectivity index (χ0) is 60.8. The van der Waals surface area contributed by atoms with E-state index in [1.807, 2.05) is 11.3 Å². The van der Waals surface area contributed by atoms with Gasteiger partial charge in [-0.1, -0.05) is 184 Å². The summed E-state index contributed by atoms with van der Waals surface area (Å²) >= 11 is 4.06.